The van der Waals surface area contributed by atoms with Crippen LogP contribution in [-0.2, 0) is 17.6 Å². The summed E-state index contributed by atoms with van der Waals surface area (Å²) < 4.78 is 5.52. The van der Waals surface area contributed by atoms with E-state index in [2.05, 4.69) is 29.2 Å². The van der Waals surface area contributed by atoms with Crippen LogP contribution in [0.1, 0.15) is 24.1 Å². The molecule has 0 bridgehead atoms. The fraction of sp³-hybridized carbons (Fsp3) is 0.471. The zero-order valence-electron chi connectivity index (χ0n) is 11.8. The number of benzene rings is 1. The van der Waals surface area contributed by atoms with Gasteiger partial charge in [-0.1, -0.05) is 18.2 Å². The Hall–Kier alpha value is -1.61. The lowest BCUT2D eigenvalue weighted by Gasteiger charge is -2.33. The molecule has 0 radical (unpaired) electrons. The molecule has 1 aliphatic heterocycles. The zero-order valence-corrected chi connectivity index (χ0v) is 11.8. The van der Waals surface area contributed by atoms with Gasteiger partial charge in [-0.25, -0.2) is 0 Å². The lowest BCUT2D eigenvalue weighted by molar-refractivity contribution is 0.122. The summed E-state index contributed by atoms with van der Waals surface area (Å²) in [6.07, 6.45) is 4.89. The van der Waals surface area contributed by atoms with Crippen molar-refractivity contribution in [2.24, 2.45) is 0 Å². The van der Waals surface area contributed by atoms with Crippen LogP contribution in [0.25, 0.3) is 10.9 Å². The molecule has 2 heterocycles. The Bertz CT molecular complexity index is 632. The quantitative estimate of drug-likeness (QED) is 0.795. The van der Waals surface area contributed by atoms with Gasteiger partial charge in [-0.05, 0) is 37.3 Å². The monoisotopic (exact) mass is 268 g/mol. The van der Waals surface area contributed by atoms with Crippen molar-refractivity contribution in [2.75, 3.05) is 31.2 Å². The highest BCUT2D eigenvalue weighted by atomic mass is 16.5. The third-order valence-electron chi connectivity index (χ3n) is 4.47. The number of aromatic nitrogens is 1. The SMILES string of the molecule is c1ccc2c(N3CCOCC3)c3c(nc2c1)CCCC3. The van der Waals surface area contributed by atoms with Gasteiger partial charge in [-0.3, -0.25) is 4.98 Å². The minimum Gasteiger partial charge on any atom is -0.378 e. The van der Waals surface area contributed by atoms with Gasteiger partial charge in [0.2, 0.25) is 0 Å². The van der Waals surface area contributed by atoms with Crippen LogP contribution in [0.5, 0.6) is 0 Å². The molecular weight excluding hydrogens is 248 g/mol. The Balaban J connectivity index is 1.94. The van der Waals surface area contributed by atoms with Crippen molar-refractivity contribution < 1.29 is 4.74 Å². The zero-order chi connectivity index (χ0) is 13.4. The van der Waals surface area contributed by atoms with E-state index in [0.29, 0.717) is 0 Å². The van der Waals surface area contributed by atoms with Gasteiger partial charge < -0.3 is 9.64 Å². The molecule has 0 atom stereocenters. The molecule has 3 heteroatoms. The van der Waals surface area contributed by atoms with E-state index in [1.807, 2.05) is 0 Å². The molecule has 20 heavy (non-hydrogen) atoms. The minimum atomic E-state index is 0.839. The van der Waals surface area contributed by atoms with Gasteiger partial charge in [0.1, 0.15) is 0 Å². The summed E-state index contributed by atoms with van der Waals surface area (Å²) in [5, 5.41) is 1.31. The van der Waals surface area contributed by atoms with Crippen LogP contribution in [0.3, 0.4) is 0 Å². The number of nitrogens with zero attached hydrogens (tertiary/aromatic N) is 2. The van der Waals surface area contributed by atoms with Gasteiger partial charge in [0, 0.05) is 24.2 Å². The number of pyridine rings is 1. The highest BCUT2D eigenvalue weighted by Gasteiger charge is 2.23. The maximum Gasteiger partial charge on any atom is 0.0726 e. The summed E-state index contributed by atoms with van der Waals surface area (Å²) in [6, 6.07) is 8.59. The van der Waals surface area contributed by atoms with Gasteiger partial charge in [-0.15, -0.1) is 0 Å². The Morgan fingerprint density at radius 1 is 1.00 bits per heavy atom. The molecule has 1 saturated heterocycles. The second kappa shape index (κ2) is 5.06. The van der Waals surface area contributed by atoms with Crippen LogP contribution >= 0.6 is 0 Å². The molecule has 1 fully saturated rings. The van der Waals surface area contributed by atoms with E-state index >= 15 is 0 Å². The molecule has 0 N–H and O–H groups in total. The molecule has 0 unspecified atom stereocenters. The van der Waals surface area contributed by atoms with Gasteiger partial charge in [0.05, 0.1) is 24.4 Å². The molecule has 0 amide bonds. The van der Waals surface area contributed by atoms with Gasteiger partial charge >= 0.3 is 0 Å². The molecule has 0 spiro atoms. The van der Waals surface area contributed by atoms with Crippen molar-refractivity contribution in [1.29, 1.82) is 0 Å². The largest absolute Gasteiger partial charge is 0.378 e. The Morgan fingerprint density at radius 3 is 2.70 bits per heavy atom. The average Bonchev–Trinajstić information content (AvgIpc) is 2.53. The van der Waals surface area contributed by atoms with E-state index in [4.69, 9.17) is 9.72 Å². The van der Waals surface area contributed by atoms with Crippen LogP contribution in [0.2, 0.25) is 0 Å². The number of hydrogen-bond donors (Lipinski definition) is 0. The number of aryl methyl sites for hydroxylation is 1. The normalized spacial score (nSPS) is 19.1. The third-order valence-corrected chi connectivity index (χ3v) is 4.47. The second-order valence-electron chi connectivity index (χ2n) is 5.71. The van der Waals surface area contributed by atoms with Crippen molar-refractivity contribution >= 4 is 16.6 Å². The second-order valence-corrected chi connectivity index (χ2v) is 5.71. The molecule has 0 saturated carbocycles. The van der Waals surface area contributed by atoms with E-state index < -0.39 is 0 Å². The maximum atomic E-state index is 5.52. The first-order valence-corrected chi connectivity index (χ1v) is 7.67. The first-order valence-electron chi connectivity index (χ1n) is 7.67. The molecule has 104 valence electrons. The van der Waals surface area contributed by atoms with Crippen LogP contribution in [0, 0.1) is 0 Å². The minimum absolute atomic E-state index is 0.839. The predicted molar refractivity (Wildman–Crippen MR) is 81.4 cm³/mol. The van der Waals surface area contributed by atoms with E-state index in [9.17, 15) is 0 Å². The Morgan fingerprint density at radius 2 is 1.80 bits per heavy atom. The number of fused-ring (bicyclic) bond motifs is 2. The lowest BCUT2D eigenvalue weighted by atomic mass is 9.92. The van der Waals surface area contributed by atoms with Crippen LogP contribution in [0.4, 0.5) is 5.69 Å². The van der Waals surface area contributed by atoms with Crippen LogP contribution in [-0.4, -0.2) is 31.3 Å². The van der Waals surface area contributed by atoms with Crippen molar-refractivity contribution in [3.63, 3.8) is 0 Å². The smallest absolute Gasteiger partial charge is 0.0726 e. The number of para-hydroxylation sites is 1. The van der Waals surface area contributed by atoms with Crippen LogP contribution in [0.15, 0.2) is 24.3 Å². The van der Waals surface area contributed by atoms with Crippen molar-refractivity contribution in [3.05, 3.63) is 35.5 Å². The highest BCUT2D eigenvalue weighted by Crippen LogP contribution is 2.36. The average molecular weight is 268 g/mol. The number of morpholine rings is 1. The number of rotatable bonds is 1. The van der Waals surface area contributed by atoms with Crippen molar-refractivity contribution in [2.45, 2.75) is 25.7 Å². The van der Waals surface area contributed by atoms with Crippen molar-refractivity contribution in [1.82, 2.24) is 4.98 Å². The molecule has 2 aliphatic rings. The molecule has 1 aromatic heterocycles. The number of anilines is 1. The summed E-state index contributed by atoms with van der Waals surface area (Å²) in [7, 11) is 0. The van der Waals surface area contributed by atoms with E-state index in [1.54, 1.807) is 0 Å². The lowest BCUT2D eigenvalue weighted by Crippen LogP contribution is -2.37. The highest BCUT2D eigenvalue weighted by molar-refractivity contribution is 5.94. The molecule has 3 nitrogen and oxygen atoms in total. The van der Waals surface area contributed by atoms with E-state index in [-0.39, 0.29) is 0 Å². The first-order chi connectivity index (χ1) is 9.93. The summed E-state index contributed by atoms with van der Waals surface area (Å²) in [4.78, 5) is 7.42. The van der Waals surface area contributed by atoms with Crippen molar-refractivity contribution in [3.8, 4) is 0 Å². The van der Waals surface area contributed by atoms with E-state index in [1.165, 1.54) is 41.6 Å². The third kappa shape index (κ3) is 1.97. The van der Waals surface area contributed by atoms with Crippen LogP contribution < -0.4 is 4.90 Å². The fourth-order valence-electron chi connectivity index (χ4n) is 3.50. The molecular formula is C17H20N2O. The standard InChI is InChI=1S/C17H20N2O/c1-3-7-15-13(5-1)17(19-9-11-20-12-10-19)14-6-2-4-8-16(14)18-15/h1,3,5,7H,2,4,6,8-12H2. The van der Waals surface area contributed by atoms with Gasteiger partial charge in [0.25, 0.3) is 0 Å². The molecule has 4 rings (SSSR count). The Kier molecular flexibility index (Phi) is 3.07. The van der Waals surface area contributed by atoms with Gasteiger partial charge in [0.15, 0.2) is 0 Å². The summed E-state index contributed by atoms with van der Waals surface area (Å²) in [6.45, 7) is 3.68. The molecule has 2 aromatic rings. The predicted octanol–water partition coefficient (Wildman–Crippen LogP) is 2.95. The Labute approximate surface area is 119 Å². The summed E-state index contributed by atoms with van der Waals surface area (Å²) >= 11 is 0. The van der Waals surface area contributed by atoms with Gasteiger partial charge in [-0.2, -0.15) is 0 Å². The molecule has 1 aromatic carbocycles. The molecule has 1 aliphatic carbocycles. The summed E-state index contributed by atoms with van der Waals surface area (Å²) in [5.74, 6) is 0. The maximum absolute atomic E-state index is 5.52. The number of hydrogen-bond acceptors (Lipinski definition) is 3. The topological polar surface area (TPSA) is 25.4 Å². The van der Waals surface area contributed by atoms with E-state index in [0.717, 1.165) is 38.2 Å². The number of ether oxygens (including phenoxy) is 1. The fourth-order valence-corrected chi connectivity index (χ4v) is 3.50. The summed E-state index contributed by atoms with van der Waals surface area (Å²) in [5.41, 5.74) is 5.41. The first kappa shape index (κ1) is 12.2.